The van der Waals surface area contributed by atoms with Gasteiger partial charge in [-0.05, 0) is 60.0 Å². The van der Waals surface area contributed by atoms with Crippen molar-refractivity contribution in [3.8, 4) is 28.4 Å². The van der Waals surface area contributed by atoms with Gasteiger partial charge in [-0.25, -0.2) is 4.98 Å². The van der Waals surface area contributed by atoms with E-state index < -0.39 is 0 Å². The van der Waals surface area contributed by atoms with Gasteiger partial charge in [0.15, 0.2) is 0 Å². The lowest BCUT2D eigenvalue weighted by atomic mass is 10.0. The van der Waals surface area contributed by atoms with E-state index in [1.54, 1.807) is 21.3 Å². The molecule has 1 N–H and O–H groups in total. The number of fused-ring (bicyclic) bond motifs is 1. The van der Waals surface area contributed by atoms with Gasteiger partial charge < -0.3 is 19.5 Å². The van der Waals surface area contributed by atoms with E-state index in [4.69, 9.17) is 14.2 Å². The first-order valence-corrected chi connectivity index (χ1v) is 9.40. The van der Waals surface area contributed by atoms with Crippen molar-refractivity contribution in [2.24, 2.45) is 0 Å². The Hall–Kier alpha value is -3.87. The van der Waals surface area contributed by atoms with Crippen LogP contribution in [0.2, 0.25) is 0 Å². The largest absolute Gasteiger partial charge is 0.497 e. The number of methoxy groups -OCH3 is 3. The third-order valence-corrected chi connectivity index (χ3v) is 4.79. The molecule has 0 aliphatic heterocycles. The van der Waals surface area contributed by atoms with Crippen LogP contribution in [0.3, 0.4) is 0 Å². The van der Waals surface area contributed by atoms with Crippen molar-refractivity contribution in [1.82, 2.24) is 15.2 Å². The highest BCUT2D eigenvalue weighted by molar-refractivity contribution is 5.85. The van der Waals surface area contributed by atoms with E-state index in [-0.39, 0.29) is 0 Å². The second-order valence-corrected chi connectivity index (χ2v) is 6.72. The van der Waals surface area contributed by atoms with E-state index in [9.17, 15) is 0 Å². The van der Waals surface area contributed by atoms with Gasteiger partial charge >= 0.3 is 0 Å². The summed E-state index contributed by atoms with van der Waals surface area (Å²) in [6, 6.07) is 17.4. The van der Waals surface area contributed by atoms with Crippen LogP contribution in [0.1, 0.15) is 5.56 Å². The van der Waals surface area contributed by atoms with E-state index in [2.05, 4.69) is 26.6 Å². The van der Waals surface area contributed by atoms with E-state index in [0.29, 0.717) is 17.2 Å². The van der Waals surface area contributed by atoms with E-state index in [0.717, 1.165) is 39.4 Å². The Kier molecular flexibility index (Phi) is 5.34. The van der Waals surface area contributed by atoms with Crippen LogP contribution in [0.15, 0.2) is 54.6 Å². The molecule has 0 aliphatic rings. The number of nitrogens with zero attached hydrogens (tertiary/aromatic N) is 3. The van der Waals surface area contributed by atoms with E-state index in [1.807, 2.05) is 55.5 Å². The molecule has 152 valence electrons. The Morgan fingerprint density at radius 3 is 2.17 bits per heavy atom. The van der Waals surface area contributed by atoms with Gasteiger partial charge in [0.2, 0.25) is 5.95 Å². The third kappa shape index (κ3) is 3.82. The van der Waals surface area contributed by atoms with Gasteiger partial charge in [0, 0.05) is 6.07 Å². The molecule has 4 aromatic rings. The van der Waals surface area contributed by atoms with Crippen molar-refractivity contribution in [2.75, 3.05) is 26.6 Å². The monoisotopic (exact) mass is 402 g/mol. The molecule has 0 unspecified atom stereocenters. The Morgan fingerprint density at radius 2 is 1.47 bits per heavy atom. The quantitative estimate of drug-likeness (QED) is 0.498. The van der Waals surface area contributed by atoms with Crippen molar-refractivity contribution in [1.29, 1.82) is 0 Å². The molecule has 0 amide bonds. The lowest BCUT2D eigenvalue weighted by Crippen LogP contribution is -2.02. The summed E-state index contributed by atoms with van der Waals surface area (Å²) >= 11 is 0. The van der Waals surface area contributed by atoms with Gasteiger partial charge in [0.1, 0.15) is 22.8 Å². The van der Waals surface area contributed by atoms with Gasteiger partial charge in [-0.2, -0.15) is 0 Å². The fourth-order valence-electron chi connectivity index (χ4n) is 3.27. The van der Waals surface area contributed by atoms with Crippen LogP contribution in [0, 0.1) is 6.92 Å². The summed E-state index contributed by atoms with van der Waals surface area (Å²) < 4.78 is 16.2. The molecule has 4 rings (SSSR count). The SMILES string of the molecule is COc1cc(OC)cc(-c2cc(C)c3nc(Nc4ccccc4OC)nnc3c2)c1. The van der Waals surface area contributed by atoms with Crippen LogP contribution >= 0.6 is 0 Å². The van der Waals surface area contributed by atoms with Crippen LogP contribution in [0.4, 0.5) is 11.6 Å². The number of benzene rings is 3. The molecule has 30 heavy (non-hydrogen) atoms. The molecule has 0 bridgehead atoms. The molecule has 1 aromatic heterocycles. The Morgan fingerprint density at radius 1 is 0.767 bits per heavy atom. The fourth-order valence-corrected chi connectivity index (χ4v) is 3.27. The number of para-hydroxylation sites is 2. The highest BCUT2D eigenvalue weighted by atomic mass is 16.5. The van der Waals surface area contributed by atoms with Crippen molar-refractivity contribution < 1.29 is 14.2 Å². The minimum absolute atomic E-state index is 0.408. The third-order valence-electron chi connectivity index (χ3n) is 4.79. The van der Waals surface area contributed by atoms with Gasteiger partial charge in [-0.3, -0.25) is 0 Å². The highest BCUT2D eigenvalue weighted by Crippen LogP contribution is 2.32. The number of anilines is 2. The normalized spacial score (nSPS) is 10.7. The Labute approximate surface area is 174 Å². The zero-order valence-corrected chi connectivity index (χ0v) is 17.3. The average molecular weight is 402 g/mol. The summed E-state index contributed by atoms with van der Waals surface area (Å²) in [4.78, 5) is 4.66. The maximum absolute atomic E-state index is 5.39. The summed E-state index contributed by atoms with van der Waals surface area (Å²) in [5, 5.41) is 11.8. The van der Waals surface area contributed by atoms with Crippen LogP contribution in [-0.4, -0.2) is 36.5 Å². The first kappa shape index (κ1) is 19.4. The molecule has 0 spiro atoms. The van der Waals surface area contributed by atoms with Crippen molar-refractivity contribution in [3.05, 3.63) is 60.2 Å². The number of aryl methyl sites for hydroxylation is 1. The predicted octanol–water partition coefficient (Wildman–Crippen LogP) is 4.77. The molecule has 7 nitrogen and oxygen atoms in total. The molecule has 0 fully saturated rings. The molecular weight excluding hydrogens is 380 g/mol. The molecule has 0 aliphatic carbocycles. The summed E-state index contributed by atoms with van der Waals surface area (Å²) in [5.74, 6) is 2.57. The molecule has 3 aromatic carbocycles. The van der Waals surface area contributed by atoms with Crippen LogP contribution < -0.4 is 19.5 Å². The number of ether oxygens (including phenoxy) is 3. The standard InChI is InChI=1S/C23H22N4O3/c1-14-9-15(16-10-17(28-2)13-18(11-16)29-3)12-20-22(14)25-23(27-26-20)24-19-7-5-6-8-21(19)30-4/h5-13H,1-4H3,(H,24,25,27). The number of aromatic nitrogens is 3. The lowest BCUT2D eigenvalue weighted by molar-refractivity contribution is 0.394. The first-order chi connectivity index (χ1) is 14.6. The summed E-state index contributed by atoms with van der Waals surface area (Å²) in [6.45, 7) is 2.00. The second-order valence-electron chi connectivity index (χ2n) is 6.72. The van der Waals surface area contributed by atoms with Crippen LogP contribution in [0.25, 0.3) is 22.2 Å². The summed E-state index contributed by atoms with van der Waals surface area (Å²) in [5.41, 5.74) is 5.20. The molecule has 0 atom stereocenters. The van der Waals surface area contributed by atoms with Crippen molar-refractivity contribution in [3.63, 3.8) is 0 Å². The maximum atomic E-state index is 5.39. The first-order valence-electron chi connectivity index (χ1n) is 9.40. The Bertz CT molecular complexity index is 1190. The minimum atomic E-state index is 0.408. The summed E-state index contributed by atoms with van der Waals surface area (Å²) in [7, 11) is 4.89. The van der Waals surface area contributed by atoms with Crippen LogP contribution in [-0.2, 0) is 0 Å². The number of hydrogen-bond acceptors (Lipinski definition) is 7. The topological polar surface area (TPSA) is 78.4 Å². The van der Waals surface area contributed by atoms with E-state index in [1.165, 1.54) is 0 Å². The predicted molar refractivity (Wildman–Crippen MR) is 117 cm³/mol. The average Bonchev–Trinajstić information content (AvgIpc) is 2.79. The van der Waals surface area contributed by atoms with Gasteiger partial charge in [0.05, 0.1) is 32.5 Å². The second kappa shape index (κ2) is 8.24. The van der Waals surface area contributed by atoms with Crippen molar-refractivity contribution >= 4 is 22.7 Å². The molecule has 0 saturated heterocycles. The van der Waals surface area contributed by atoms with Gasteiger partial charge in [-0.15, -0.1) is 10.2 Å². The number of rotatable bonds is 6. The zero-order chi connectivity index (χ0) is 21.1. The highest BCUT2D eigenvalue weighted by Gasteiger charge is 2.11. The number of nitrogens with one attached hydrogen (secondary N) is 1. The van der Waals surface area contributed by atoms with Crippen molar-refractivity contribution in [2.45, 2.75) is 6.92 Å². The minimum Gasteiger partial charge on any atom is -0.497 e. The summed E-state index contributed by atoms with van der Waals surface area (Å²) in [6.07, 6.45) is 0. The van der Waals surface area contributed by atoms with Gasteiger partial charge in [-0.1, -0.05) is 12.1 Å². The molecular formula is C23H22N4O3. The zero-order valence-electron chi connectivity index (χ0n) is 17.3. The fraction of sp³-hybridized carbons (Fsp3) is 0.174. The molecule has 0 radical (unpaired) electrons. The van der Waals surface area contributed by atoms with Gasteiger partial charge in [0.25, 0.3) is 0 Å². The number of hydrogen-bond donors (Lipinski definition) is 1. The smallest absolute Gasteiger partial charge is 0.247 e. The molecule has 1 heterocycles. The lowest BCUT2D eigenvalue weighted by Gasteiger charge is -2.12. The Balaban J connectivity index is 1.73. The molecule has 0 saturated carbocycles. The van der Waals surface area contributed by atoms with Crippen LogP contribution in [0.5, 0.6) is 17.2 Å². The van der Waals surface area contributed by atoms with E-state index >= 15 is 0 Å². The molecule has 7 heteroatoms. The maximum Gasteiger partial charge on any atom is 0.247 e.